The van der Waals surface area contributed by atoms with E-state index < -0.39 is 5.97 Å². The van der Waals surface area contributed by atoms with Crippen molar-refractivity contribution in [2.75, 3.05) is 21.3 Å². The van der Waals surface area contributed by atoms with E-state index in [1.54, 1.807) is 25.3 Å². The van der Waals surface area contributed by atoms with Crippen molar-refractivity contribution in [3.63, 3.8) is 0 Å². The van der Waals surface area contributed by atoms with Gasteiger partial charge in [0, 0.05) is 17.7 Å². The molecule has 0 unspecified atom stereocenters. The first kappa shape index (κ1) is 17.5. The molecule has 0 radical (unpaired) electrons. The summed E-state index contributed by atoms with van der Waals surface area (Å²) >= 11 is 0. The van der Waals surface area contributed by atoms with Crippen LogP contribution in [-0.4, -0.2) is 33.2 Å². The summed E-state index contributed by atoms with van der Waals surface area (Å²) in [6.07, 6.45) is 1.58. The van der Waals surface area contributed by atoms with E-state index in [9.17, 15) is 4.79 Å². The molecule has 6 heteroatoms. The first-order chi connectivity index (χ1) is 12.5. The van der Waals surface area contributed by atoms with Gasteiger partial charge in [-0.05, 0) is 25.1 Å². The average Bonchev–Trinajstić information content (AvgIpc) is 3.02. The van der Waals surface area contributed by atoms with Crippen molar-refractivity contribution >= 4 is 17.9 Å². The van der Waals surface area contributed by atoms with E-state index in [-0.39, 0.29) is 11.6 Å². The third-order valence-electron chi connectivity index (χ3n) is 3.95. The predicted molar refractivity (Wildman–Crippen MR) is 97.9 cm³/mol. The summed E-state index contributed by atoms with van der Waals surface area (Å²) in [6.45, 7) is 1.99. The van der Waals surface area contributed by atoms with Crippen LogP contribution in [0.4, 0.5) is 0 Å². The third-order valence-corrected chi connectivity index (χ3v) is 3.95. The lowest BCUT2D eigenvalue weighted by Gasteiger charge is -2.12. The lowest BCUT2D eigenvalue weighted by Crippen LogP contribution is -2.05. The van der Waals surface area contributed by atoms with Crippen LogP contribution in [0.5, 0.6) is 17.2 Å². The smallest absolute Gasteiger partial charge is 0.363 e. The number of carbonyl (C=O) groups is 1. The molecule has 0 saturated heterocycles. The molecule has 0 atom stereocenters. The fourth-order valence-electron chi connectivity index (χ4n) is 2.54. The van der Waals surface area contributed by atoms with Crippen LogP contribution in [0.15, 0.2) is 47.1 Å². The number of cyclic esters (lactones) is 1. The molecule has 6 nitrogen and oxygen atoms in total. The molecule has 0 bridgehead atoms. The molecular formula is C20H19NO5. The van der Waals surface area contributed by atoms with Crippen molar-refractivity contribution in [3.8, 4) is 17.2 Å². The van der Waals surface area contributed by atoms with Gasteiger partial charge in [0.05, 0.1) is 26.9 Å². The molecule has 0 aromatic heterocycles. The maximum Gasteiger partial charge on any atom is 0.363 e. The lowest BCUT2D eigenvalue weighted by molar-refractivity contribution is -0.129. The number of methoxy groups -OCH3 is 3. The van der Waals surface area contributed by atoms with Gasteiger partial charge in [-0.1, -0.05) is 17.7 Å². The third kappa shape index (κ3) is 3.39. The summed E-state index contributed by atoms with van der Waals surface area (Å²) in [5, 5.41) is 0. The predicted octanol–water partition coefficient (Wildman–Crippen LogP) is 3.37. The fraction of sp³-hybridized carbons (Fsp3) is 0.200. The van der Waals surface area contributed by atoms with Gasteiger partial charge >= 0.3 is 5.97 Å². The van der Waals surface area contributed by atoms with E-state index in [0.717, 1.165) is 11.1 Å². The van der Waals surface area contributed by atoms with Gasteiger partial charge in [0.2, 0.25) is 5.90 Å². The number of rotatable bonds is 5. The number of hydrogen-bond acceptors (Lipinski definition) is 6. The van der Waals surface area contributed by atoms with Crippen LogP contribution in [0, 0.1) is 6.92 Å². The molecule has 3 rings (SSSR count). The van der Waals surface area contributed by atoms with Gasteiger partial charge in [0.15, 0.2) is 5.70 Å². The molecule has 134 valence electrons. The second kappa shape index (κ2) is 7.31. The number of aliphatic imine (C=N–C) groups is 1. The molecule has 26 heavy (non-hydrogen) atoms. The van der Waals surface area contributed by atoms with Crippen LogP contribution in [0.1, 0.15) is 16.7 Å². The van der Waals surface area contributed by atoms with Crippen LogP contribution in [-0.2, 0) is 9.53 Å². The molecule has 0 spiro atoms. The standard InChI is InChI=1S/C20H19NO5/c1-12-5-7-13(8-6-12)19-21-16(20(22)26-19)11-15-17(24-3)9-14(23-2)10-18(15)25-4/h5-11H,1-4H3/b16-11+. The molecule has 1 heterocycles. The van der Waals surface area contributed by atoms with Gasteiger partial charge in [-0.25, -0.2) is 9.79 Å². The van der Waals surface area contributed by atoms with Crippen LogP contribution in [0.25, 0.3) is 6.08 Å². The van der Waals surface area contributed by atoms with Crippen molar-refractivity contribution in [3.05, 3.63) is 58.8 Å². The van der Waals surface area contributed by atoms with E-state index in [2.05, 4.69) is 4.99 Å². The molecular weight excluding hydrogens is 334 g/mol. The molecule has 0 N–H and O–H groups in total. The normalized spacial score (nSPS) is 14.8. The number of ether oxygens (including phenoxy) is 4. The maximum atomic E-state index is 12.2. The van der Waals surface area contributed by atoms with Crippen molar-refractivity contribution < 1.29 is 23.7 Å². The van der Waals surface area contributed by atoms with Gasteiger partial charge in [-0.2, -0.15) is 0 Å². The number of carbonyl (C=O) groups excluding carboxylic acids is 1. The van der Waals surface area contributed by atoms with E-state index >= 15 is 0 Å². The minimum atomic E-state index is -0.527. The zero-order valence-corrected chi connectivity index (χ0v) is 15.0. The maximum absolute atomic E-state index is 12.2. The van der Waals surface area contributed by atoms with Crippen molar-refractivity contribution in [1.29, 1.82) is 0 Å². The Bertz CT molecular complexity index is 872. The Morgan fingerprint density at radius 3 is 2.12 bits per heavy atom. The number of nitrogens with zero attached hydrogens (tertiary/aromatic N) is 1. The molecule has 1 aliphatic rings. The van der Waals surface area contributed by atoms with Crippen LogP contribution >= 0.6 is 0 Å². The Balaban J connectivity index is 2.04. The second-order valence-corrected chi connectivity index (χ2v) is 5.65. The minimum absolute atomic E-state index is 0.169. The fourth-order valence-corrected chi connectivity index (χ4v) is 2.54. The monoisotopic (exact) mass is 353 g/mol. The van der Waals surface area contributed by atoms with Gasteiger partial charge < -0.3 is 18.9 Å². The summed E-state index contributed by atoms with van der Waals surface area (Å²) in [5.74, 6) is 1.33. The average molecular weight is 353 g/mol. The largest absolute Gasteiger partial charge is 0.496 e. The number of aryl methyl sites for hydroxylation is 1. The second-order valence-electron chi connectivity index (χ2n) is 5.65. The Morgan fingerprint density at radius 2 is 1.58 bits per heavy atom. The molecule has 2 aromatic rings. The highest BCUT2D eigenvalue weighted by Crippen LogP contribution is 2.36. The van der Waals surface area contributed by atoms with Crippen molar-refractivity contribution in [2.24, 2.45) is 4.99 Å². The van der Waals surface area contributed by atoms with E-state index in [1.165, 1.54) is 14.2 Å². The van der Waals surface area contributed by atoms with Crippen LogP contribution < -0.4 is 14.2 Å². The van der Waals surface area contributed by atoms with E-state index in [4.69, 9.17) is 18.9 Å². The number of esters is 1. The number of hydrogen-bond donors (Lipinski definition) is 0. The summed E-state index contributed by atoms with van der Waals surface area (Å²) in [5.41, 5.74) is 2.60. The zero-order chi connectivity index (χ0) is 18.7. The van der Waals surface area contributed by atoms with E-state index in [1.807, 2.05) is 31.2 Å². The van der Waals surface area contributed by atoms with Gasteiger partial charge in [-0.15, -0.1) is 0 Å². The van der Waals surface area contributed by atoms with Crippen molar-refractivity contribution in [1.82, 2.24) is 0 Å². The van der Waals surface area contributed by atoms with Gasteiger partial charge in [0.25, 0.3) is 0 Å². The molecule has 1 aliphatic heterocycles. The quantitative estimate of drug-likeness (QED) is 0.609. The first-order valence-electron chi connectivity index (χ1n) is 7.95. The summed E-state index contributed by atoms with van der Waals surface area (Å²) in [7, 11) is 4.62. The number of benzene rings is 2. The van der Waals surface area contributed by atoms with Gasteiger partial charge in [0.1, 0.15) is 17.2 Å². The summed E-state index contributed by atoms with van der Waals surface area (Å²) < 4.78 is 21.3. The molecule has 0 aliphatic carbocycles. The van der Waals surface area contributed by atoms with Crippen molar-refractivity contribution in [2.45, 2.75) is 6.92 Å². The van der Waals surface area contributed by atoms with Gasteiger partial charge in [-0.3, -0.25) is 0 Å². The van der Waals surface area contributed by atoms with Crippen LogP contribution in [0.2, 0.25) is 0 Å². The highest BCUT2D eigenvalue weighted by molar-refractivity contribution is 6.13. The minimum Gasteiger partial charge on any atom is -0.496 e. The SMILES string of the molecule is COc1cc(OC)c(/C=C2/N=C(c3ccc(C)cc3)OC2=O)c(OC)c1. The molecule has 0 amide bonds. The molecule has 0 fully saturated rings. The topological polar surface area (TPSA) is 66.3 Å². The molecule has 2 aromatic carbocycles. The van der Waals surface area contributed by atoms with Crippen LogP contribution in [0.3, 0.4) is 0 Å². The Hall–Kier alpha value is -3.28. The highest BCUT2D eigenvalue weighted by Gasteiger charge is 2.25. The zero-order valence-electron chi connectivity index (χ0n) is 15.0. The highest BCUT2D eigenvalue weighted by atomic mass is 16.6. The lowest BCUT2D eigenvalue weighted by atomic mass is 10.1. The first-order valence-corrected chi connectivity index (χ1v) is 7.95. The molecule has 0 saturated carbocycles. The Morgan fingerprint density at radius 1 is 0.962 bits per heavy atom. The Kier molecular flexibility index (Phi) is 4.93. The summed E-state index contributed by atoms with van der Waals surface area (Å²) in [4.78, 5) is 16.6. The van der Waals surface area contributed by atoms with E-state index in [0.29, 0.717) is 22.8 Å². The summed E-state index contributed by atoms with van der Waals surface area (Å²) in [6, 6.07) is 11.0. The Labute approximate surface area is 151 Å².